The number of carbonyl (C=O) groups is 1. The summed E-state index contributed by atoms with van der Waals surface area (Å²) in [6, 6.07) is 16.5. The van der Waals surface area contributed by atoms with Crippen LogP contribution in [-0.4, -0.2) is 74.7 Å². The lowest BCUT2D eigenvalue weighted by Crippen LogP contribution is -2.57. The summed E-state index contributed by atoms with van der Waals surface area (Å²) in [6.07, 6.45) is -1.10. The fourth-order valence-electron chi connectivity index (χ4n) is 5.59. The van der Waals surface area contributed by atoms with Crippen LogP contribution in [0, 0.1) is 5.92 Å². The van der Waals surface area contributed by atoms with Gasteiger partial charge in [0.15, 0.2) is 0 Å². The second-order valence-electron chi connectivity index (χ2n) is 9.84. The number of esters is 1. The normalized spacial score (nSPS) is 21.9. The fourth-order valence-corrected chi connectivity index (χ4v) is 5.59. The molecule has 2 saturated heterocycles. The van der Waals surface area contributed by atoms with E-state index in [1.807, 2.05) is 11.0 Å². The molecule has 4 rings (SSSR count). The molecule has 2 aliphatic heterocycles. The van der Waals surface area contributed by atoms with Gasteiger partial charge in [-0.05, 0) is 55.5 Å². The van der Waals surface area contributed by atoms with Gasteiger partial charge in [0.25, 0.3) is 0 Å². The largest absolute Gasteiger partial charge is 0.469 e. The minimum Gasteiger partial charge on any atom is -0.469 e. The van der Waals surface area contributed by atoms with Gasteiger partial charge in [-0.25, -0.2) is 0 Å². The van der Waals surface area contributed by atoms with Crippen LogP contribution in [0.3, 0.4) is 0 Å². The molecule has 2 heterocycles. The van der Waals surface area contributed by atoms with Gasteiger partial charge in [0.1, 0.15) is 0 Å². The zero-order valence-corrected chi connectivity index (χ0v) is 20.9. The van der Waals surface area contributed by atoms with E-state index < -0.39 is 11.7 Å². The highest BCUT2D eigenvalue weighted by Crippen LogP contribution is 2.33. The number of carbonyl (C=O) groups excluding carboxylic acids is 1. The Morgan fingerprint density at radius 1 is 1.00 bits per heavy atom. The molecule has 2 aromatic rings. The van der Waals surface area contributed by atoms with E-state index in [-0.39, 0.29) is 5.97 Å². The highest BCUT2D eigenvalue weighted by Gasteiger charge is 2.35. The maximum atomic E-state index is 13.2. The predicted octanol–water partition coefficient (Wildman–Crippen LogP) is 4.71. The van der Waals surface area contributed by atoms with Crippen LogP contribution < -0.4 is 4.90 Å². The van der Waals surface area contributed by atoms with E-state index in [1.54, 1.807) is 6.07 Å². The van der Waals surface area contributed by atoms with Crippen LogP contribution in [0.15, 0.2) is 54.6 Å². The first-order valence-electron chi connectivity index (χ1n) is 12.8. The second-order valence-corrected chi connectivity index (χ2v) is 9.84. The zero-order valence-electron chi connectivity index (χ0n) is 20.9. The molecule has 36 heavy (non-hydrogen) atoms. The number of hydrogen-bond donors (Lipinski definition) is 0. The average molecular weight is 504 g/mol. The molecule has 8 heteroatoms. The SMILES string of the molecule is COC(=O)CC[C@H]1CN(CCc2ccccc2)CC[C@H]1N1CCN(c2cccc(C(F)(F)F)c2)CC1. The molecule has 0 bridgehead atoms. The Labute approximate surface area is 211 Å². The Morgan fingerprint density at radius 3 is 2.44 bits per heavy atom. The third-order valence-corrected chi connectivity index (χ3v) is 7.61. The van der Waals surface area contributed by atoms with Crippen molar-refractivity contribution >= 4 is 11.7 Å². The van der Waals surface area contributed by atoms with Gasteiger partial charge in [-0.2, -0.15) is 13.2 Å². The van der Waals surface area contributed by atoms with Gasteiger partial charge in [0.2, 0.25) is 0 Å². The molecule has 0 aromatic heterocycles. The number of hydrogen-bond acceptors (Lipinski definition) is 5. The molecular formula is C28H36F3N3O2. The third kappa shape index (κ3) is 7.01. The summed E-state index contributed by atoms with van der Waals surface area (Å²) in [4.78, 5) is 18.9. The molecule has 2 aliphatic rings. The lowest BCUT2D eigenvalue weighted by Gasteiger charge is -2.47. The van der Waals surface area contributed by atoms with E-state index in [0.717, 1.165) is 58.1 Å². The summed E-state index contributed by atoms with van der Waals surface area (Å²) in [6.45, 7) is 5.95. The average Bonchev–Trinajstić information content (AvgIpc) is 2.91. The van der Waals surface area contributed by atoms with Crippen molar-refractivity contribution in [1.82, 2.24) is 9.80 Å². The third-order valence-electron chi connectivity index (χ3n) is 7.61. The Morgan fingerprint density at radius 2 is 1.75 bits per heavy atom. The fraction of sp³-hybridized carbons (Fsp3) is 0.536. The van der Waals surface area contributed by atoms with Crippen molar-refractivity contribution in [2.75, 3.05) is 57.8 Å². The summed E-state index contributed by atoms with van der Waals surface area (Å²) < 4.78 is 44.4. The number of anilines is 1. The minimum atomic E-state index is -4.33. The summed E-state index contributed by atoms with van der Waals surface area (Å²) in [5.41, 5.74) is 1.35. The van der Waals surface area contributed by atoms with Crippen molar-refractivity contribution < 1.29 is 22.7 Å². The summed E-state index contributed by atoms with van der Waals surface area (Å²) in [7, 11) is 1.43. The number of likely N-dealkylation sites (tertiary alicyclic amines) is 1. The van der Waals surface area contributed by atoms with Crippen molar-refractivity contribution in [3.05, 3.63) is 65.7 Å². The molecule has 0 saturated carbocycles. The predicted molar refractivity (Wildman–Crippen MR) is 135 cm³/mol. The highest BCUT2D eigenvalue weighted by atomic mass is 19.4. The summed E-state index contributed by atoms with van der Waals surface area (Å²) >= 11 is 0. The van der Waals surface area contributed by atoms with E-state index >= 15 is 0 Å². The number of halogens is 3. The molecule has 2 fully saturated rings. The standard InChI is InChI=1S/C28H36F3N3O2/c1-36-27(35)11-10-23-21-32(14-12-22-6-3-2-4-7-22)15-13-26(23)34-18-16-33(17-19-34)25-9-5-8-24(20-25)28(29,30)31/h2-9,20,23,26H,10-19,21H2,1H3/t23-,26+/m0/s1. The number of benzene rings is 2. The second kappa shape index (κ2) is 12.1. The maximum absolute atomic E-state index is 13.2. The Hall–Kier alpha value is -2.58. The molecule has 0 spiro atoms. The van der Waals surface area contributed by atoms with Crippen LogP contribution in [0.4, 0.5) is 18.9 Å². The van der Waals surface area contributed by atoms with Crippen LogP contribution in [0.25, 0.3) is 0 Å². The van der Waals surface area contributed by atoms with E-state index in [0.29, 0.717) is 37.2 Å². The van der Waals surface area contributed by atoms with Gasteiger partial charge in [0.05, 0.1) is 12.7 Å². The van der Waals surface area contributed by atoms with Gasteiger partial charge in [0, 0.05) is 57.4 Å². The van der Waals surface area contributed by atoms with Gasteiger partial charge in [-0.15, -0.1) is 0 Å². The van der Waals surface area contributed by atoms with Crippen LogP contribution >= 0.6 is 0 Å². The van der Waals surface area contributed by atoms with Crippen LogP contribution in [0.5, 0.6) is 0 Å². The van der Waals surface area contributed by atoms with E-state index in [4.69, 9.17) is 4.74 Å². The van der Waals surface area contributed by atoms with E-state index in [9.17, 15) is 18.0 Å². The van der Waals surface area contributed by atoms with Crippen LogP contribution in [0.1, 0.15) is 30.4 Å². The number of piperazine rings is 1. The zero-order chi connectivity index (χ0) is 25.5. The number of nitrogens with zero attached hydrogens (tertiary/aromatic N) is 3. The van der Waals surface area contributed by atoms with Crippen molar-refractivity contribution in [3.63, 3.8) is 0 Å². The molecule has 0 aliphatic carbocycles. The number of piperidine rings is 1. The van der Waals surface area contributed by atoms with Crippen molar-refractivity contribution in [2.45, 2.75) is 37.9 Å². The Balaban J connectivity index is 1.36. The Bertz CT molecular complexity index is 978. The van der Waals surface area contributed by atoms with Crippen molar-refractivity contribution in [2.24, 2.45) is 5.92 Å². The summed E-state index contributed by atoms with van der Waals surface area (Å²) in [5, 5.41) is 0. The van der Waals surface area contributed by atoms with Gasteiger partial charge < -0.3 is 14.5 Å². The van der Waals surface area contributed by atoms with Crippen LogP contribution in [0.2, 0.25) is 0 Å². The number of rotatable bonds is 8. The molecule has 5 nitrogen and oxygen atoms in total. The van der Waals surface area contributed by atoms with Crippen molar-refractivity contribution in [3.8, 4) is 0 Å². The van der Waals surface area contributed by atoms with Gasteiger partial charge in [-0.3, -0.25) is 9.69 Å². The smallest absolute Gasteiger partial charge is 0.416 e. The van der Waals surface area contributed by atoms with Crippen LogP contribution in [-0.2, 0) is 22.1 Å². The topological polar surface area (TPSA) is 36.0 Å². The number of methoxy groups -OCH3 is 1. The molecule has 2 aromatic carbocycles. The number of alkyl halides is 3. The van der Waals surface area contributed by atoms with Crippen molar-refractivity contribution in [1.29, 1.82) is 0 Å². The Kier molecular flexibility index (Phi) is 8.90. The molecule has 2 atom stereocenters. The molecule has 0 N–H and O–H groups in total. The molecular weight excluding hydrogens is 467 g/mol. The maximum Gasteiger partial charge on any atom is 0.416 e. The quantitative estimate of drug-likeness (QED) is 0.488. The number of ether oxygens (including phenoxy) is 1. The van der Waals surface area contributed by atoms with E-state index in [1.165, 1.54) is 24.8 Å². The van der Waals surface area contributed by atoms with Gasteiger partial charge in [-0.1, -0.05) is 36.4 Å². The lowest BCUT2D eigenvalue weighted by molar-refractivity contribution is -0.141. The molecule has 0 radical (unpaired) electrons. The molecule has 196 valence electrons. The van der Waals surface area contributed by atoms with Gasteiger partial charge >= 0.3 is 12.1 Å². The molecule has 0 unspecified atom stereocenters. The first kappa shape index (κ1) is 26.5. The summed E-state index contributed by atoms with van der Waals surface area (Å²) in [5.74, 6) is 0.179. The first-order valence-corrected chi connectivity index (χ1v) is 12.8. The highest BCUT2D eigenvalue weighted by molar-refractivity contribution is 5.69. The molecule has 0 amide bonds. The van der Waals surface area contributed by atoms with E-state index in [2.05, 4.69) is 34.1 Å². The first-order chi connectivity index (χ1) is 17.3. The monoisotopic (exact) mass is 503 g/mol. The minimum absolute atomic E-state index is 0.176. The lowest BCUT2D eigenvalue weighted by atomic mass is 9.86.